The molecule has 146 valence electrons. The minimum Gasteiger partial charge on any atom is -0.368 e. The predicted octanol–water partition coefficient (Wildman–Crippen LogP) is 6.59. The van der Waals surface area contributed by atoms with Gasteiger partial charge in [-0.15, -0.1) is 0 Å². The van der Waals surface area contributed by atoms with Gasteiger partial charge in [-0.25, -0.2) is 0 Å². The average Bonchev–Trinajstić information content (AvgIpc) is 2.73. The number of benzene rings is 2. The molecule has 1 aliphatic rings. The lowest BCUT2D eigenvalue weighted by Gasteiger charge is -2.30. The van der Waals surface area contributed by atoms with Gasteiger partial charge in [0.25, 0.3) is 0 Å². The zero-order chi connectivity index (χ0) is 18.9. The highest BCUT2D eigenvalue weighted by Gasteiger charge is 2.24. The van der Waals surface area contributed by atoms with Crippen LogP contribution >= 0.6 is 0 Å². The molecule has 1 aliphatic heterocycles. The van der Waals surface area contributed by atoms with Gasteiger partial charge in [0.2, 0.25) is 0 Å². The molecule has 1 saturated heterocycles. The molecule has 0 radical (unpaired) electrons. The minimum absolute atomic E-state index is 0.0507. The van der Waals surface area contributed by atoms with Crippen LogP contribution in [0.3, 0.4) is 0 Å². The Hall–Kier alpha value is -1.64. The van der Waals surface area contributed by atoms with Crippen LogP contribution < -0.4 is 0 Å². The van der Waals surface area contributed by atoms with Crippen LogP contribution in [0.2, 0.25) is 0 Å². The zero-order valence-electron chi connectivity index (χ0n) is 17.0. The van der Waals surface area contributed by atoms with Crippen molar-refractivity contribution in [2.45, 2.75) is 71.0 Å². The van der Waals surface area contributed by atoms with E-state index in [1.54, 1.807) is 0 Å². The minimum atomic E-state index is 0.0507. The first kappa shape index (κ1) is 20.1. The van der Waals surface area contributed by atoms with E-state index in [-0.39, 0.29) is 12.2 Å². The first-order chi connectivity index (χ1) is 13.3. The molecule has 0 spiro atoms. The maximum Gasteiger partial charge on any atom is 0.106 e. The van der Waals surface area contributed by atoms with E-state index in [1.807, 2.05) is 0 Å². The summed E-state index contributed by atoms with van der Waals surface area (Å²) >= 11 is 0. The third-order valence-electron chi connectivity index (χ3n) is 5.49. The Morgan fingerprint density at radius 2 is 1.07 bits per heavy atom. The summed E-state index contributed by atoms with van der Waals surface area (Å²) in [5.41, 5.74) is 5.28. The molecule has 0 amide bonds. The van der Waals surface area contributed by atoms with Gasteiger partial charge in [0, 0.05) is 0 Å². The highest BCUT2D eigenvalue weighted by Crippen LogP contribution is 2.30. The molecular weight excluding hydrogens is 332 g/mol. The maximum absolute atomic E-state index is 6.14. The summed E-state index contributed by atoms with van der Waals surface area (Å²) in [4.78, 5) is 0. The SMILES string of the molecule is CCCCCc1ccc([C@H]2CO[C@H](c3ccc(CCCC)cc3)CO2)cc1. The number of hydrogen-bond acceptors (Lipinski definition) is 2. The zero-order valence-corrected chi connectivity index (χ0v) is 17.0. The number of unbranched alkanes of at least 4 members (excludes halogenated alkanes) is 3. The number of hydrogen-bond donors (Lipinski definition) is 0. The molecule has 3 rings (SSSR count). The van der Waals surface area contributed by atoms with Gasteiger partial charge in [-0.2, -0.15) is 0 Å². The van der Waals surface area contributed by atoms with Crippen molar-refractivity contribution in [2.24, 2.45) is 0 Å². The van der Waals surface area contributed by atoms with Gasteiger partial charge in [0.1, 0.15) is 12.2 Å². The lowest BCUT2D eigenvalue weighted by atomic mass is 10.0. The summed E-state index contributed by atoms with van der Waals surface area (Å²) in [6.07, 6.45) is 8.78. The Morgan fingerprint density at radius 1 is 0.630 bits per heavy atom. The van der Waals surface area contributed by atoms with Crippen molar-refractivity contribution in [3.63, 3.8) is 0 Å². The summed E-state index contributed by atoms with van der Waals surface area (Å²) < 4.78 is 12.3. The van der Waals surface area contributed by atoms with Crippen LogP contribution in [0, 0.1) is 0 Å². The lowest BCUT2D eigenvalue weighted by molar-refractivity contribution is -0.137. The molecule has 0 bridgehead atoms. The standard InChI is InChI=1S/C25H34O2/c1-3-5-7-9-21-12-16-23(17-13-21)25-19-26-24(18-27-25)22-14-10-20(11-15-22)8-6-4-2/h10-17,24-25H,3-9,18-19H2,1-2H3/t24-,25+/m0/s1. The van der Waals surface area contributed by atoms with Crippen molar-refractivity contribution in [3.8, 4) is 0 Å². The Morgan fingerprint density at radius 3 is 1.48 bits per heavy atom. The van der Waals surface area contributed by atoms with E-state index in [2.05, 4.69) is 62.4 Å². The van der Waals surface area contributed by atoms with E-state index in [0.29, 0.717) is 13.2 Å². The highest BCUT2D eigenvalue weighted by atomic mass is 16.6. The van der Waals surface area contributed by atoms with E-state index in [9.17, 15) is 0 Å². The predicted molar refractivity (Wildman–Crippen MR) is 112 cm³/mol. The van der Waals surface area contributed by atoms with Crippen molar-refractivity contribution < 1.29 is 9.47 Å². The van der Waals surface area contributed by atoms with Gasteiger partial charge in [0.05, 0.1) is 13.2 Å². The Labute approximate surface area is 164 Å². The van der Waals surface area contributed by atoms with Crippen LogP contribution in [0.4, 0.5) is 0 Å². The molecule has 27 heavy (non-hydrogen) atoms. The Bertz CT molecular complexity index is 652. The van der Waals surface area contributed by atoms with Crippen molar-refractivity contribution in [3.05, 3.63) is 70.8 Å². The Balaban J connectivity index is 1.49. The van der Waals surface area contributed by atoms with Crippen LogP contribution in [-0.4, -0.2) is 13.2 Å². The van der Waals surface area contributed by atoms with Gasteiger partial charge in [0.15, 0.2) is 0 Å². The second-order valence-electron chi connectivity index (χ2n) is 7.69. The first-order valence-electron chi connectivity index (χ1n) is 10.7. The molecule has 0 saturated carbocycles. The normalized spacial score (nSPS) is 19.9. The summed E-state index contributed by atoms with van der Waals surface area (Å²) in [6, 6.07) is 17.8. The van der Waals surface area contributed by atoms with Crippen LogP contribution in [0.15, 0.2) is 48.5 Å². The maximum atomic E-state index is 6.14. The van der Waals surface area contributed by atoms with Gasteiger partial charge >= 0.3 is 0 Å². The molecule has 2 aromatic carbocycles. The van der Waals surface area contributed by atoms with E-state index in [1.165, 1.54) is 60.8 Å². The third kappa shape index (κ3) is 5.92. The van der Waals surface area contributed by atoms with Crippen molar-refractivity contribution in [2.75, 3.05) is 13.2 Å². The van der Waals surface area contributed by atoms with E-state index < -0.39 is 0 Å². The molecule has 1 heterocycles. The van der Waals surface area contributed by atoms with E-state index >= 15 is 0 Å². The molecule has 2 heteroatoms. The second-order valence-corrected chi connectivity index (χ2v) is 7.69. The summed E-state index contributed by atoms with van der Waals surface area (Å²) in [6.45, 7) is 5.73. The van der Waals surface area contributed by atoms with Crippen molar-refractivity contribution in [1.29, 1.82) is 0 Å². The van der Waals surface area contributed by atoms with Crippen LogP contribution in [0.25, 0.3) is 0 Å². The largest absolute Gasteiger partial charge is 0.368 e. The van der Waals surface area contributed by atoms with Gasteiger partial charge in [-0.3, -0.25) is 0 Å². The van der Waals surface area contributed by atoms with Gasteiger partial charge in [-0.1, -0.05) is 81.6 Å². The quantitative estimate of drug-likeness (QED) is 0.466. The van der Waals surface area contributed by atoms with Crippen molar-refractivity contribution in [1.82, 2.24) is 0 Å². The molecule has 1 fully saturated rings. The molecule has 2 aromatic rings. The second kappa shape index (κ2) is 10.6. The topological polar surface area (TPSA) is 18.5 Å². The van der Waals surface area contributed by atoms with Crippen LogP contribution in [-0.2, 0) is 22.3 Å². The average molecular weight is 367 g/mol. The van der Waals surface area contributed by atoms with Crippen LogP contribution in [0.5, 0.6) is 0 Å². The Kier molecular flexibility index (Phi) is 7.92. The molecule has 2 atom stereocenters. The lowest BCUT2D eigenvalue weighted by Crippen LogP contribution is -2.25. The number of ether oxygens (including phenoxy) is 2. The number of rotatable bonds is 9. The monoisotopic (exact) mass is 366 g/mol. The molecule has 0 aliphatic carbocycles. The van der Waals surface area contributed by atoms with E-state index in [0.717, 1.165) is 6.42 Å². The summed E-state index contributed by atoms with van der Waals surface area (Å²) in [5, 5.41) is 0. The van der Waals surface area contributed by atoms with Gasteiger partial charge in [-0.05, 0) is 47.9 Å². The van der Waals surface area contributed by atoms with Gasteiger partial charge < -0.3 is 9.47 Å². The fourth-order valence-electron chi connectivity index (χ4n) is 3.65. The van der Waals surface area contributed by atoms with Crippen molar-refractivity contribution >= 4 is 0 Å². The molecule has 0 unspecified atom stereocenters. The first-order valence-corrected chi connectivity index (χ1v) is 10.7. The summed E-state index contributed by atoms with van der Waals surface area (Å²) in [5.74, 6) is 0. The fourth-order valence-corrected chi connectivity index (χ4v) is 3.65. The molecule has 2 nitrogen and oxygen atoms in total. The van der Waals surface area contributed by atoms with E-state index in [4.69, 9.17) is 9.47 Å². The third-order valence-corrected chi connectivity index (χ3v) is 5.49. The van der Waals surface area contributed by atoms with Crippen LogP contribution in [0.1, 0.15) is 80.4 Å². The summed E-state index contributed by atoms with van der Waals surface area (Å²) in [7, 11) is 0. The number of aryl methyl sites for hydroxylation is 2. The molecule has 0 aromatic heterocycles. The fraction of sp³-hybridized carbons (Fsp3) is 0.520. The molecule has 0 N–H and O–H groups in total. The molecular formula is C25H34O2. The smallest absolute Gasteiger partial charge is 0.106 e. The highest BCUT2D eigenvalue weighted by molar-refractivity contribution is 5.26.